The van der Waals surface area contributed by atoms with Crippen LogP contribution in [0.15, 0.2) is 48.8 Å². The van der Waals surface area contributed by atoms with Crippen LogP contribution in [-0.4, -0.2) is 53.8 Å². The van der Waals surface area contributed by atoms with Crippen molar-refractivity contribution in [3.05, 3.63) is 54.4 Å². The van der Waals surface area contributed by atoms with Gasteiger partial charge in [-0.25, -0.2) is 0 Å². The summed E-state index contributed by atoms with van der Waals surface area (Å²) in [4.78, 5) is 34.3. The second-order valence-electron chi connectivity index (χ2n) is 9.43. The van der Waals surface area contributed by atoms with Crippen LogP contribution in [0.2, 0.25) is 0 Å². The van der Waals surface area contributed by atoms with Crippen LogP contribution in [-0.2, 0) is 16.0 Å². The molecule has 31 heavy (non-hydrogen) atoms. The molecule has 5 heteroatoms. The molecule has 1 aliphatic carbocycles. The normalized spacial score (nSPS) is 21.8. The molecule has 1 saturated carbocycles. The summed E-state index contributed by atoms with van der Waals surface area (Å²) in [5.41, 5.74) is 2.87. The number of carbonyl (C=O) groups excluding carboxylic acids is 2. The van der Waals surface area contributed by atoms with Gasteiger partial charge in [0.2, 0.25) is 11.8 Å². The Labute approximate surface area is 185 Å². The second kappa shape index (κ2) is 9.21. The van der Waals surface area contributed by atoms with Crippen LogP contribution >= 0.6 is 0 Å². The van der Waals surface area contributed by atoms with Crippen molar-refractivity contribution in [3.63, 3.8) is 0 Å². The van der Waals surface area contributed by atoms with Crippen molar-refractivity contribution >= 4 is 11.8 Å². The molecule has 2 heterocycles. The maximum absolute atomic E-state index is 13.4. The molecule has 4 rings (SSSR count). The topological polar surface area (TPSA) is 53.5 Å². The molecule has 1 aliphatic heterocycles. The zero-order valence-corrected chi connectivity index (χ0v) is 18.7. The van der Waals surface area contributed by atoms with Crippen molar-refractivity contribution < 1.29 is 9.59 Å². The Morgan fingerprint density at radius 2 is 1.65 bits per heavy atom. The fourth-order valence-corrected chi connectivity index (χ4v) is 5.37. The molecule has 5 nitrogen and oxygen atoms in total. The minimum Gasteiger partial charge on any atom is -0.348 e. The zero-order valence-electron chi connectivity index (χ0n) is 18.7. The maximum atomic E-state index is 13.4. The van der Waals surface area contributed by atoms with Crippen molar-refractivity contribution in [1.29, 1.82) is 0 Å². The first-order valence-electron chi connectivity index (χ1n) is 11.5. The molecule has 2 amide bonds. The van der Waals surface area contributed by atoms with E-state index in [0.717, 1.165) is 61.8 Å². The highest BCUT2D eigenvalue weighted by molar-refractivity contribution is 5.85. The lowest BCUT2D eigenvalue weighted by Crippen LogP contribution is -2.55. The van der Waals surface area contributed by atoms with Crippen LogP contribution in [0.5, 0.6) is 0 Å². The van der Waals surface area contributed by atoms with Crippen LogP contribution in [0.25, 0.3) is 11.1 Å². The minimum atomic E-state index is -0.547. The van der Waals surface area contributed by atoms with Gasteiger partial charge >= 0.3 is 0 Å². The summed E-state index contributed by atoms with van der Waals surface area (Å²) >= 11 is 0. The van der Waals surface area contributed by atoms with Crippen molar-refractivity contribution in [2.24, 2.45) is 11.3 Å². The third kappa shape index (κ3) is 4.65. The summed E-state index contributed by atoms with van der Waals surface area (Å²) in [5.74, 6) is 0.556. The molecule has 2 fully saturated rings. The van der Waals surface area contributed by atoms with E-state index in [-0.39, 0.29) is 17.7 Å². The van der Waals surface area contributed by atoms with Gasteiger partial charge in [-0.3, -0.25) is 14.6 Å². The van der Waals surface area contributed by atoms with Crippen LogP contribution in [0.4, 0.5) is 0 Å². The van der Waals surface area contributed by atoms with E-state index in [9.17, 15) is 9.59 Å². The summed E-state index contributed by atoms with van der Waals surface area (Å²) in [6.45, 7) is 1.31. The predicted octanol–water partition coefficient (Wildman–Crippen LogP) is 4.18. The van der Waals surface area contributed by atoms with Gasteiger partial charge in [0.15, 0.2) is 0 Å². The van der Waals surface area contributed by atoms with Gasteiger partial charge in [0, 0.05) is 45.5 Å². The molecule has 2 aliphatic rings. The summed E-state index contributed by atoms with van der Waals surface area (Å²) in [6.07, 6.45) is 10.3. The average molecular weight is 420 g/mol. The van der Waals surface area contributed by atoms with Gasteiger partial charge in [-0.1, -0.05) is 37.1 Å². The Morgan fingerprint density at radius 1 is 1.00 bits per heavy atom. The van der Waals surface area contributed by atoms with Crippen LogP contribution in [0.3, 0.4) is 0 Å². The molecule has 1 saturated heterocycles. The number of piperidine rings is 1. The highest BCUT2D eigenvalue weighted by atomic mass is 16.2. The van der Waals surface area contributed by atoms with E-state index in [2.05, 4.69) is 29.2 Å². The fraction of sp³-hybridized carbons (Fsp3) is 0.500. The highest BCUT2D eigenvalue weighted by Crippen LogP contribution is 2.37. The lowest BCUT2D eigenvalue weighted by Gasteiger charge is -2.43. The number of nitrogens with zero attached hydrogens (tertiary/aromatic N) is 3. The first-order chi connectivity index (χ1) is 15.0. The maximum Gasteiger partial charge on any atom is 0.230 e. The molecule has 2 aromatic rings. The van der Waals surface area contributed by atoms with Gasteiger partial charge in [0.25, 0.3) is 0 Å². The standard InChI is InChI=1S/C26H33N3O2/c1-28(2)25(31)26(14-5-17-29(19-26)24(30)23-6-3-4-7-23)18-20-8-10-21(11-9-20)22-12-15-27-16-13-22/h8-13,15-16,23H,3-7,14,17-19H2,1-2H3. The number of hydrogen-bond donors (Lipinski definition) is 0. The van der Waals surface area contributed by atoms with Gasteiger partial charge in [-0.15, -0.1) is 0 Å². The lowest BCUT2D eigenvalue weighted by molar-refractivity contribution is -0.148. The number of amides is 2. The first-order valence-corrected chi connectivity index (χ1v) is 11.5. The molecule has 1 aromatic carbocycles. The molecular formula is C26H33N3O2. The summed E-state index contributed by atoms with van der Waals surface area (Å²) in [5, 5.41) is 0. The molecule has 1 atom stereocenters. The van der Waals surface area contributed by atoms with E-state index in [1.165, 1.54) is 0 Å². The van der Waals surface area contributed by atoms with E-state index < -0.39 is 5.41 Å². The Morgan fingerprint density at radius 3 is 2.29 bits per heavy atom. The van der Waals surface area contributed by atoms with E-state index in [1.807, 2.05) is 31.1 Å². The van der Waals surface area contributed by atoms with Gasteiger partial charge < -0.3 is 9.80 Å². The monoisotopic (exact) mass is 419 g/mol. The van der Waals surface area contributed by atoms with E-state index >= 15 is 0 Å². The second-order valence-corrected chi connectivity index (χ2v) is 9.43. The van der Waals surface area contributed by atoms with E-state index in [1.54, 1.807) is 17.3 Å². The number of pyridine rings is 1. The molecule has 1 aromatic heterocycles. The fourth-order valence-electron chi connectivity index (χ4n) is 5.37. The zero-order chi connectivity index (χ0) is 21.8. The van der Waals surface area contributed by atoms with Crippen molar-refractivity contribution in [2.75, 3.05) is 27.2 Å². The number of benzene rings is 1. The van der Waals surface area contributed by atoms with Crippen LogP contribution in [0.1, 0.15) is 44.1 Å². The molecule has 0 radical (unpaired) electrons. The number of rotatable bonds is 5. The van der Waals surface area contributed by atoms with Crippen LogP contribution < -0.4 is 0 Å². The molecule has 0 N–H and O–H groups in total. The number of likely N-dealkylation sites (tertiary alicyclic amines) is 1. The first kappa shape index (κ1) is 21.5. The molecule has 1 unspecified atom stereocenters. The Hall–Kier alpha value is -2.69. The predicted molar refractivity (Wildman–Crippen MR) is 122 cm³/mol. The largest absolute Gasteiger partial charge is 0.348 e. The number of aromatic nitrogens is 1. The Bertz CT molecular complexity index is 904. The van der Waals surface area contributed by atoms with Crippen molar-refractivity contribution in [2.45, 2.75) is 44.9 Å². The Kier molecular flexibility index (Phi) is 6.40. The van der Waals surface area contributed by atoms with Crippen LogP contribution in [0, 0.1) is 11.3 Å². The van der Waals surface area contributed by atoms with Gasteiger partial charge in [-0.2, -0.15) is 0 Å². The smallest absolute Gasteiger partial charge is 0.230 e. The number of carbonyl (C=O) groups is 2. The lowest BCUT2D eigenvalue weighted by atomic mass is 9.73. The minimum absolute atomic E-state index is 0.134. The van der Waals surface area contributed by atoms with Gasteiger partial charge in [0.05, 0.1) is 5.41 Å². The molecule has 164 valence electrons. The third-order valence-electron chi connectivity index (χ3n) is 6.96. The number of hydrogen-bond acceptors (Lipinski definition) is 3. The van der Waals surface area contributed by atoms with E-state index in [0.29, 0.717) is 13.0 Å². The van der Waals surface area contributed by atoms with Gasteiger partial charge in [-0.05, 0) is 60.9 Å². The van der Waals surface area contributed by atoms with Crippen molar-refractivity contribution in [1.82, 2.24) is 14.8 Å². The quantitative estimate of drug-likeness (QED) is 0.731. The SMILES string of the molecule is CN(C)C(=O)C1(Cc2ccc(-c3ccncc3)cc2)CCCN(C(=O)C2CCCC2)C1. The molecular weight excluding hydrogens is 386 g/mol. The van der Waals surface area contributed by atoms with E-state index in [4.69, 9.17) is 0 Å². The Balaban J connectivity index is 1.56. The summed E-state index contributed by atoms with van der Waals surface area (Å²) in [6, 6.07) is 12.5. The molecule has 0 spiro atoms. The van der Waals surface area contributed by atoms with Gasteiger partial charge in [0.1, 0.15) is 0 Å². The average Bonchev–Trinajstić information content (AvgIpc) is 3.34. The van der Waals surface area contributed by atoms with Crippen molar-refractivity contribution in [3.8, 4) is 11.1 Å². The summed E-state index contributed by atoms with van der Waals surface area (Å²) in [7, 11) is 3.66. The molecule has 0 bridgehead atoms. The highest BCUT2D eigenvalue weighted by Gasteiger charge is 2.45. The third-order valence-corrected chi connectivity index (χ3v) is 6.96. The summed E-state index contributed by atoms with van der Waals surface area (Å²) < 4.78 is 0.